The lowest BCUT2D eigenvalue weighted by Gasteiger charge is -2.31. The maximum absolute atomic E-state index is 13.2. The van der Waals surface area contributed by atoms with Crippen molar-refractivity contribution in [3.05, 3.63) is 36.2 Å². The molecule has 1 fully saturated rings. The van der Waals surface area contributed by atoms with Gasteiger partial charge in [0.2, 0.25) is 0 Å². The van der Waals surface area contributed by atoms with Crippen LogP contribution in [-0.4, -0.2) is 39.4 Å². The van der Waals surface area contributed by atoms with E-state index in [1.165, 1.54) is 12.1 Å². The van der Waals surface area contributed by atoms with E-state index in [4.69, 9.17) is 9.15 Å². The lowest BCUT2D eigenvalue weighted by atomic mass is 10.2. The molecule has 22 heavy (non-hydrogen) atoms. The Morgan fingerprint density at radius 3 is 3.09 bits per heavy atom. The molecular formula is C14H14FN5O2. The Labute approximate surface area is 125 Å². The van der Waals surface area contributed by atoms with Crippen LogP contribution >= 0.6 is 0 Å². The molecule has 2 aromatic heterocycles. The third kappa shape index (κ3) is 2.21. The molecule has 3 aromatic rings. The van der Waals surface area contributed by atoms with Crippen molar-refractivity contribution >= 4 is 17.1 Å². The molecule has 0 unspecified atom stereocenters. The molecule has 0 radical (unpaired) electrons. The number of hydrogen-bond donors (Lipinski definition) is 0. The molecule has 1 saturated heterocycles. The summed E-state index contributed by atoms with van der Waals surface area (Å²) in [6.45, 7) is 1.75. The van der Waals surface area contributed by atoms with Crippen molar-refractivity contribution in [2.45, 2.75) is 6.10 Å². The quantitative estimate of drug-likeness (QED) is 0.717. The van der Waals surface area contributed by atoms with Crippen LogP contribution < -0.4 is 4.90 Å². The number of benzene rings is 1. The van der Waals surface area contributed by atoms with Crippen molar-refractivity contribution in [2.75, 3.05) is 24.6 Å². The van der Waals surface area contributed by atoms with Crippen LogP contribution in [0.5, 0.6) is 0 Å². The van der Waals surface area contributed by atoms with E-state index in [-0.39, 0.29) is 11.9 Å². The van der Waals surface area contributed by atoms with Gasteiger partial charge in [-0.3, -0.25) is 0 Å². The Hall–Kier alpha value is -2.48. The third-order valence-corrected chi connectivity index (χ3v) is 3.71. The van der Waals surface area contributed by atoms with Gasteiger partial charge in [0.25, 0.3) is 6.01 Å². The normalized spacial score (nSPS) is 19.0. The number of aromatic nitrogens is 4. The summed E-state index contributed by atoms with van der Waals surface area (Å²) in [6.07, 6.45) is 1.44. The summed E-state index contributed by atoms with van der Waals surface area (Å²) in [5, 5.41) is 7.96. The van der Waals surface area contributed by atoms with E-state index in [2.05, 4.69) is 15.2 Å². The van der Waals surface area contributed by atoms with Crippen LogP contribution in [0, 0.1) is 5.82 Å². The maximum Gasteiger partial charge on any atom is 0.298 e. The second kappa shape index (κ2) is 5.06. The number of anilines is 1. The van der Waals surface area contributed by atoms with Crippen LogP contribution in [0.25, 0.3) is 11.1 Å². The van der Waals surface area contributed by atoms with Gasteiger partial charge in [0, 0.05) is 19.7 Å². The number of aryl methyl sites for hydroxylation is 1. The second-order valence-electron chi connectivity index (χ2n) is 5.21. The van der Waals surface area contributed by atoms with E-state index in [1.54, 1.807) is 12.4 Å². The van der Waals surface area contributed by atoms with E-state index >= 15 is 0 Å². The predicted molar refractivity (Wildman–Crippen MR) is 75.9 cm³/mol. The summed E-state index contributed by atoms with van der Waals surface area (Å²) < 4.78 is 26.5. The minimum atomic E-state index is -0.328. The fourth-order valence-electron chi connectivity index (χ4n) is 2.59. The summed E-state index contributed by atoms with van der Waals surface area (Å²) in [5.41, 5.74) is 1.08. The largest absolute Gasteiger partial charge is 0.423 e. The molecule has 0 amide bonds. The summed E-state index contributed by atoms with van der Waals surface area (Å²) in [4.78, 5) is 6.33. The van der Waals surface area contributed by atoms with Crippen LogP contribution in [-0.2, 0) is 11.8 Å². The van der Waals surface area contributed by atoms with Gasteiger partial charge in [-0.1, -0.05) is 0 Å². The average Bonchev–Trinajstić information content (AvgIpc) is 3.13. The molecule has 1 atom stereocenters. The number of rotatable bonds is 2. The van der Waals surface area contributed by atoms with Crippen LogP contribution in [0.4, 0.5) is 10.4 Å². The van der Waals surface area contributed by atoms with Crippen molar-refractivity contribution < 1.29 is 13.5 Å². The fourth-order valence-corrected chi connectivity index (χ4v) is 2.59. The molecule has 0 spiro atoms. The first kappa shape index (κ1) is 13.2. The van der Waals surface area contributed by atoms with Gasteiger partial charge in [-0.15, -0.1) is 10.2 Å². The topological polar surface area (TPSA) is 69.2 Å². The molecule has 7 nitrogen and oxygen atoms in total. The van der Waals surface area contributed by atoms with Crippen molar-refractivity contribution in [1.82, 2.24) is 19.7 Å². The molecule has 0 saturated carbocycles. The molecular weight excluding hydrogens is 289 g/mol. The monoisotopic (exact) mass is 303 g/mol. The molecule has 4 rings (SSSR count). The Kier molecular flexibility index (Phi) is 3.04. The number of ether oxygens (including phenoxy) is 1. The standard InChI is InChI=1S/C14H14FN5O2/c1-19-8-16-18-13(19)12-7-20(4-5-21-12)14-17-10-6-9(15)2-3-11(10)22-14/h2-3,6,8,12H,4-5,7H2,1H3/t12-/m0/s1. The number of halogens is 1. The first-order chi connectivity index (χ1) is 10.7. The molecule has 1 aromatic carbocycles. The lowest BCUT2D eigenvalue weighted by Crippen LogP contribution is -2.39. The second-order valence-corrected chi connectivity index (χ2v) is 5.21. The number of morpholine rings is 1. The molecule has 0 N–H and O–H groups in total. The number of fused-ring (bicyclic) bond motifs is 1. The Morgan fingerprint density at radius 1 is 1.36 bits per heavy atom. The van der Waals surface area contributed by atoms with Gasteiger partial charge in [-0.05, 0) is 12.1 Å². The predicted octanol–water partition coefficient (Wildman–Crippen LogP) is 1.67. The van der Waals surface area contributed by atoms with Crippen molar-refractivity contribution in [1.29, 1.82) is 0 Å². The van der Waals surface area contributed by atoms with Crippen molar-refractivity contribution in [2.24, 2.45) is 7.05 Å². The zero-order valence-electron chi connectivity index (χ0n) is 11.9. The summed E-state index contributed by atoms with van der Waals surface area (Å²) in [7, 11) is 1.87. The summed E-state index contributed by atoms with van der Waals surface area (Å²) >= 11 is 0. The van der Waals surface area contributed by atoms with Gasteiger partial charge in [0.1, 0.15) is 23.8 Å². The smallest absolute Gasteiger partial charge is 0.298 e. The SMILES string of the molecule is Cn1cnnc1[C@@H]1CN(c2nc3cc(F)ccc3o2)CCO1. The van der Waals surface area contributed by atoms with Crippen LogP contribution in [0.1, 0.15) is 11.9 Å². The summed E-state index contributed by atoms with van der Waals surface area (Å²) in [5.74, 6) is 0.429. The van der Waals surface area contributed by atoms with Crippen LogP contribution in [0.3, 0.4) is 0 Å². The number of hydrogen-bond acceptors (Lipinski definition) is 6. The zero-order valence-corrected chi connectivity index (χ0v) is 11.9. The minimum Gasteiger partial charge on any atom is -0.423 e. The number of oxazole rings is 1. The van der Waals surface area contributed by atoms with Gasteiger partial charge < -0.3 is 18.6 Å². The summed E-state index contributed by atoms with van der Waals surface area (Å²) in [6, 6.07) is 4.78. The first-order valence-corrected chi connectivity index (χ1v) is 6.97. The molecule has 0 aliphatic carbocycles. The van der Waals surface area contributed by atoms with E-state index in [1.807, 2.05) is 16.5 Å². The van der Waals surface area contributed by atoms with E-state index < -0.39 is 0 Å². The maximum atomic E-state index is 13.2. The molecule has 8 heteroatoms. The molecule has 3 heterocycles. The van der Waals surface area contributed by atoms with E-state index in [0.29, 0.717) is 36.8 Å². The van der Waals surface area contributed by atoms with Gasteiger partial charge in [-0.25, -0.2) is 4.39 Å². The minimum absolute atomic E-state index is 0.201. The third-order valence-electron chi connectivity index (χ3n) is 3.71. The molecule has 1 aliphatic rings. The highest BCUT2D eigenvalue weighted by Crippen LogP contribution is 2.27. The Bertz CT molecular complexity index is 815. The molecule has 114 valence electrons. The van der Waals surface area contributed by atoms with Gasteiger partial charge in [0.05, 0.1) is 13.2 Å². The highest BCUT2D eigenvalue weighted by atomic mass is 19.1. The van der Waals surface area contributed by atoms with Gasteiger partial charge in [-0.2, -0.15) is 4.98 Å². The highest BCUT2D eigenvalue weighted by molar-refractivity contribution is 5.74. The molecule has 1 aliphatic heterocycles. The number of nitrogens with zero attached hydrogens (tertiary/aromatic N) is 5. The zero-order chi connectivity index (χ0) is 15.1. The highest BCUT2D eigenvalue weighted by Gasteiger charge is 2.28. The fraction of sp³-hybridized carbons (Fsp3) is 0.357. The molecule has 0 bridgehead atoms. The first-order valence-electron chi connectivity index (χ1n) is 6.97. The van der Waals surface area contributed by atoms with Gasteiger partial charge >= 0.3 is 0 Å². The van der Waals surface area contributed by atoms with E-state index in [9.17, 15) is 4.39 Å². The van der Waals surface area contributed by atoms with Crippen molar-refractivity contribution in [3.63, 3.8) is 0 Å². The Balaban J connectivity index is 1.62. The average molecular weight is 303 g/mol. The van der Waals surface area contributed by atoms with Gasteiger partial charge in [0.15, 0.2) is 11.4 Å². The van der Waals surface area contributed by atoms with Crippen LogP contribution in [0.2, 0.25) is 0 Å². The lowest BCUT2D eigenvalue weighted by molar-refractivity contribution is 0.0305. The van der Waals surface area contributed by atoms with Crippen LogP contribution in [0.15, 0.2) is 28.9 Å². The van der Waals surface area contributed by atoms with Crippen molar-refractivity contribution in [3.8, 4) is 0 Å². The Morgan fingerprint density at radius 2 is 2.27 bits per heavy atom. The van der Waals surface area contributed by atoms with E-state index in [0.717, 1.165) is 5.82 Å².